The van der Waals surface area contributed by atoms with E-state index in [0.29, 0.717) is 19.3 Å². The molecule has 2 heterocycles. The van der Waals surface area contributed by atoms with E-state index in [1.165, 1.54) is 23.4 Å². The maximum absolute atomic E-state index is 13.3. The van der Waals surface area contributed by atoms with Gasteiger partial charge in [0.05, 0.1) is 10.8 Å². The first-order valence-electron chi connectivity index (χ1n) is 6.85. The molecule has 0 amide bonds. The van der Waals surface area contributed by atoms with Crippen molar-refractivity contribution in [3.05, 3.63) is 29.6 Å². The van der Waals surface area contributed by atoms with Crippen molar-refractivity contribution in [2.24, 2.45) is 5.92 Å². The summed E-state index contributed by atoms with van der Waals surface area (Å²) in [6.07, 6.45) is 1.62. The van der Waals surface area contributed by atoms with E-state index in [9.17, 15) is 22.7 Å². The molecule has 114 valence electrons. The summed E-state index contributed by atoms with van der Waals surface area (Å²) in [6, 6.07) is 2.94. The molecular weight excluding hydrogens is 297 g/mol. The lowest BCUT2D eigenvalue weighted by molar-refractivity contribution is -0.142. The lowest BCUT2D eigenvalue weighted by atomic mass is 9.89. The van der Waals surface area contributed by atoms with Crippen LogP contribution in [0, 0.1) is 18.7 Å². The van der Waals surface area contributed by atoms with E-state index in [0.717, 1.165) is 6.07 Å². The molecule has 21 heavy (non-hydrogen) atoms. The van der Waals surface area contributed by atoms with Gasteiger partial charge >= 0.3 is 5.97 Å². The van der Waals surface area contributed by atoms with Crippen LogP contribution in [0.15, 0.2) is 23.1 Å². The fourth-order valence-corrected chi connectivity index (χ4v) is 5.48. The summed E-state index contributed by atoms with van der Waals surface area (Å²) in [5, 5.41) is 9.20. The van der Waals surface area contributed by atoms with Crippen molar-refractivity contribution >= 4 is 16.0 Å². The number of aryl methyl sites for hydroxylation is 1. The average molecular weight is 313 g/mol. The number of carboxylic acids is 1. The number of nitrogens with zero attached hydrogens (tertiary/aromatic N) is 1. The summed E-state index contributed by atoms with van der Waals surface area (Å²) < 4.78 is 40.1. The van der Waals surface area contributed by atoms with Gasteiger partial charge in [-0.3, -0.25) is 4.79 Å². The van der Waals surface area contributed by atoms with Crippen molar-refractivity contribution in [3.63, 3.8) is 0 Å². The average Bonchev–Trinajstić information content (AvgIpc) is 3.00. The molecule has 1 aromatic rings. The molecule has 3 unspecified atom stereocenters. The van der Waals surface area contributed by atoms with Crippen LogP contribution in [0.5, 0.6) is 0 Å². The molecule has 0 saturated carbocycles. The minimum Gasteiger partial charge on any atom is -0.481 e. The monoisotopic (exact) mass is 313 g/mol. The molecule has 5 nitrogen and oxygen atoms in total. The molecule has 0 spiro atoms. The van der Waals surface area contributed by atoms with E-state index in [1.54, 1.807) is 0 Å². The molecule has 2 saturated heterocycles. The van der Waals surface area contributed by atoms with Crippen LogP contribution in [0.4, 0.5) is 4.39 Å². The minimum absolute atomic E-state index is 0.0318. The predicted octanol–water partition coefficient (Wildman–Crippen LogP) is 1.76. The van der Waals surface area contributed by atoms with Crippen LogP contribution in [-0.4, -0.2) is 35.9 Å². The lowest BCUT2D eigenvalue weighted by Gasteiger charge is -2.22. The molecule has 2 bridgehead atoms. The Morgan fingerprint density at radius 3 is 2.67 bits per heavy atom. The van der Waals surface area contributed by atoms with Crippen LogP contribution in [0.3, 0.4) is 0 Å². The van der Waals surface area contributed by atoms with E-state index in [2.05, 4.69) is 0 Å². The molecule has 3 rings (SSSR count). The quantitative estimate of drug-likeness (QED) is 0.922. The van der Waals surface area contributed by atoms with Gasteiger partial charge in [-0.05, 0) is 49.9 Å². The second-order valence-electron chi connectivity index (χ2n) is 5.72. The van der Waals surface area contributed by atoms with Gasteiger partial charge in [-0.15, -0.1) is 0 Å². The second-order valence-corrected chi connectivity index (χ2v) is 7.57. The highest BCUT2D eigenvalue weighted by Gasteiger charge is 2.54. The van der Waals surface area contributed by atoms with Gasteiger partial charge in [0.25, 0.3) is 0 Å². The summed E-state index contributed by atoms with van der Waals surface area (Å²) in [4.78, 5) is 11.3. The molecule has 0 radical (unpaired) electrons. The topological polar surface area (TPSA) is 74.7 Å². The first kappa shape index (κ1) is 14.5. The zero-order chi connectivity index (χ0) is 15.4. The number of sulfonamides is 1. The lowest BCUT2D eigenvalue weighted by Crippen LogP contribution is -2.37. The number of hydrogen-bond donors (Lipinski definition) is 1. The molecule has 0 aromatic heterocycles. The van der Waals surface area contributed by atoms with Gasteiger partial charge in [-0.25, -0.2) is 12.8 Å². The number of benzene rings is 1. The highest BCUT2D eigenvalue weighted by Crippen LogP contribution is 2.45. The number of halogens is 1. The normalized spacial score (nSPS) is 29.0. The predicted molar refractivity (Wildman–Crippen MR) is 72.7 cm³/mol. The van der Waals surface area contributed by atoms with Crippen LogP contribution in [-0.2, 0) is 14.8 Å². The van der Waals surface area contributed by atoms with Gasteiger partial charge in [0.2, 0.25) is 10.0 Å². The SMILES string of the molecule is Cc1cc(S(=O)(=O)N2C3CCC2C(C(=O)O)C3)ccc1F. The zero-order valence-corrected chi connectivity index (χ0v) is 12.3. The third-order valence-electron chi connectivity index (χ3n) is 4.49. The number of fused-ring (bicyclic) bond motifs is 2. The zero-order valence-electron chi connectivity index (χ0n) is 11.5. The Bertz CT molecular complexity index is 703. The fraction of sp³-hybridized carbons (Fsp3) is 0.500. The molecule has 2 aliphatic rings. The first-order valence-corrected chi connectivity index (χ1v) is 8.29. The van der Waals surface area contributed by atoms with Crippen molar-refractivity contribution < 1.29 is 22.7 Å². The van der Waals surface area contributed by atoms with Crippen LogP contribution < -0.4 is 0 Å². The van der Waals surface area contributed by atoms with Gasteiger partial charge in [0.1, 0.15) is 5.82 Å². The smallest absolute Gasteiger partial charge is 0.308 e. The van der Waals surface area contributed by atoms with Crippen molar-refractivity contribution in [3.8, 4) is 0 Å². The molecule has 1 N–H and O–H groups in total. The maximum atomic E-state index is 13.3. The molecule has 7 heteroatoms. The Morgan fingerprint density at radius 2 is 2.10 bits per heavy atom. The van der Waals surface area contributed by atoms with E-state index >= 15 is 0 Å². The van der Waals surface area contributed by atoms with Crippen molar-refractivity contribution in [1.82, 2.24) is 4.31 Å². The Hall–Kier alpha value is -1.47. The molecular formula is C14H16FNO4S. The maximum Gasteiger partial charge on any atom is 0.308 e. The first-order chi connectivity index (χ1) is 9.82. The number of aliphatic carboxylic acids is 1. The summed E-state index contributed by atoms with van der Waals surface area (Å²) in [6.45, 7) is 1.51. The number of hydrogen-bond acceptors (Lipinski definition) is 3. The Morgan fingerprint density at radius 1 is 1.38 bits per heavy atom. The summed E-state index contributed by atoms with van der Waals surface area (Å²) in [5.41, 5.74) is 0.261. The third-order valence-corrected chi connectivity index (χ3v) is 6.47. The van der Waals surface area contributed by atoms with Gasteiger partial charge in [-0.1, -0.05) is 0 Å². The van der Waals surface area contributed by atoms with Crippen LogP contribution in [0.2, 0.25) is 0 Å². The van der Waals surface area contributed by atoms with Crippen LogP contribution >= 0.6 is 0 Å². The second kappa shape index (κ2) is 4.78. The van der Waals surface area contributed by atoms with Gasteiger partial charge in [0, 0.05) is 12.1 Å². The molecule has 1 aromatic carbocycles. The van der Waals surface area contributed by atoms with E-state index in [1.807, 2.05) is 0 Å². The minimum atomic E-state index is -3.78. The highest BCUT2D eigenvalue weighted by molar-refractivity contribution is 7.89. The summed E-state index contributed by atoms with van der Waals surface area (Å²) in [7, 11) is -3.78. The van der Waals surface area contributed by atoms with Crippen LogP contribution in [0.25, 0.3) is 0 Å². The Balaban J connectivity index is 1.99. The standard InChI is InChI=1S/C14H16FNO4S/c1-8-6-10(3-4-12(8)15)21(19,20)16-9-2-5-13(16)11(7-9)14(17)18/h3-4,6,9,11,13H,2,5,7H2,1H3,(H,17,18). The number of carbonyl (C=O) groups is 1. The van der Waals surface area contributed by atoms with Crippen molar-refractivity contribution in [2.75, 3.05) is 0 Å². The summed E-state index contributed by atoms with van der Waals surface area (Å²) in [5.74, 6) is -2.04. The van der Waals surface area contributed by atoms with Crippen molar-refractivity contribution in [2.45, 2.75) is 43.2 Å². The number of rotatable bonds is 3. The summed E-state index contributed by atoms with van der Waals surface area (Å²) >= 11 is 0. The number of carboxylic acid groups (broad SMARTS) is 1. The third kappa shape index (κ3) is 2.15. The van der Waals surface area contributed by atoms with E-state index < -0.39 is 33.8 Å². The van der Waals surface area contributed by atoms with Gasteiger partial charge in [0.15, 0.2) is 0 Å². The van der Waals surface area contributed by atoms with E-state index in [4.69, 9.17) is 0 Å². The van der Waals surface area contributed by atoms with E-state index in [-0.39, 0.29) is 16.5 Å². The van der Waals surface area contributed by atoms with Crippen molar-refractivity contribution in [1.29, 1.82) is 0 Å². The van der Waals surface area contributed by atoms with Gasteiger partial charge in [-0.2, -0.15) is 4.31 Å². The molecule has 0 aliphatic carbocycles. The van der Waals surface area contributed by atoms with Gasteiger partial charge < -0.3 is 5.11 Å². The molecule has 2 aliphatic heterocycles. The Labute approximate surface area is 122 Å². The molecule has 2 fully saturated rings. The Kier molecular flexibility index (Phi) is 3.29. The molecule has 3 atom stereocenters. The fourth-order valence-electron chi connectivity index (χ4n) is 3.48. The largest absolute Gasteiger partial charge is 0.481 e. The van der Waals surface area contributed by atoms with Crippen LogP contribution in [0.1, 0.15) is 24.8 Å². The highest BCUT2D eigenvalue weighted by atomic mass is 32.2.